The third-order valence-corrected chi connectivity index (χ3v) is 2.15. The van der Waals surface area contributed by atoms with Gasteiger partial charge in [-0.3, -0.25) is 0 Å². The third kappa shape index (κ3) is 3.68. The van der Waals surface area contributed by atoms with Crippen LogP contribution in [0.3, 0.4) is 0 Å². The second-order valence-electron chi connectivity index (χ2n) is 3.58. The van der Waals surface area contributed by atoms with E-state index < -0.39 is 19.8 Å². The molecule has 0 spiro atoms. The van der Waals surface area contributed by atoms with Crippen LogP contribution in [0, 0.1) is 0 Å². The molecule has 1 aromatic carbocycles. The molecular weight excluding hydrogens is 231 g/mol. The molecule has 0 aliphatic rings. The van der Waals surface area contributed by atoms with E-state index in [1.165, 1.54) is 13.8 Å². The molecule has 0 radical (unpaired) electrons. The summed E-state index contributed by atoms with van der Waals surface area (Å²) in [6, 6.07) is 8.68. The first kappa shape index (κ1) is 12.7. The van der Waals surface area contributed by atoms with Crippen molar-refractivity contribution in [1.82, 2.24) is 0 Å². The quantitative estimate of drug-likeness (QED) is 0.817. The number of rotatable bonds is 4. The Bertz CT molecular complexity index is 387. The van der Waals surface area contributed by atoms with E-state index in [1.54, 1.807) is 24.3 Å². The first-order chi connectivity index (χ1) is 7.42. The van der Waals surface area contributed by atoms with Crippen molar-refractivity contribution in [2.45, 2.75) is 19.4 Å². The normalized spacial score (nSPS) is 12.9. The van der Waals surface area contributed by atoms with Crippen LogP contribution >= 0.6 is 8.25 Å². The Morgan fingerprint density at radius 2 is 1.88 bits per heavy atom. The first-order valence-corrected chi connectivity index (χ1v) is 5.87. The summed E-state index contributed by atoms with van der Waals surface area (Å²) in [5, 5.41) is 0. The van der Waals surface area contributed by atoms with Crippen molar-refractivity contribution >= 4 is 14.2 Å². The zero-order chi connectivity index (χ0) is 12.2. The molecule has 0 amide bonds. The molecule has 0 aromatic heterocycles. The van der Waals surface area contributed by atoms with Gasteiger partial charge in [-0.2, -0.15) is 0 Å². The van der Waals surface area contributed by atoms with E-state index in [1.807, 2.05) is 6.07 Å². The molecule has 88 valence electrons. The summed E-state index contributed by atoms with van der Waals surface area (Å²) < 4.78 is 20.0. The highest BCUT2D eigenvalue weighted by Crippen LogP contribution is 2.24. The van der Waals surface area contributed by atoms with Crippen molar-refractivity contribution in [3.63, 3.8) is 0 Å². The Kier molecular flexibility index (Phi) is 4.10. The summed E-state index contributed by atoms with van der Waals surface area (Å²) in [6.45, 7) is 2.93. The molecule has 1 unspecified atom stereocenters. The standard InChI is InChI=1S/C10H13O5P/c1-10(2,9(11)15-16(12)13)14-8-6-4-3-5-7-8/h3-7,16H,1-2H3,(H,12,13). The van der Waals surface area contributed by atoms with Gasteiger partial charge in [-0.1, -0.05) is 18.2 Å². The SMILES string of the molecule is CC(C)(Oc1ccccc1)C(=O)O[PH](=O)O. The fraction of sp³-hybridized carbons (Fsp3) is 0.300. The lowest BCUT2D eigenvalue weighted by Crippen LogP contribution is -2.38. The van der Waals surface area contributed by atoms with Crippen LogP contribution in [0.5, 0.6) is 5.75 Å². The molecule has 0 saturated carbocycles. The maximum atomic E-state index is 11.4. The molecule has 0 bridgehead atoms. The third-order valence-electron chi connectivity index (χ3n) is 1.79. The lowest BCUT2D eigenvalue weighted by Gasteiger charge is -2.23. The highest BCUT2D eigenvalue weighted by atomic mass is 31.1. The van der Waals surface area contributed by atoms with E-state index >= 15 is 0 Å². The average molecular weight is 244 g/mol. The van der Waals surface area contributed by atoms with Gasteiger partial charge >= 0.3 is 14.2 Å². The number of carbonyl (C=O) groups excluding carboxylic acids is 1. The maximum Gasteiger partial charge on any atom is 0.367 e. The molecule has 6 heteroatoms. The van der Waals surface area contributed by atoms with Gasteiger partial charge in [-0.15, -0.1) is 0 Å². The number of para-hydroxylation sites is 1. The smallest absolute Gasteiger partial charge is 0.367 e. The molecule has 5 nitrogen and oxygen atoms in total. The van der Waals surface area contributed by atoms with Gasteiger partial charge in [0, 0.05) is 0 Å². The predicted octanol–water partition coefficient (Wildman–Crippen LogP) is 1.77. The number of benzene rings is 1. The van der Waals surface area contributed by atoms with E-state index in [-0.39, 0.29) is 0 Å². The van der Waals surface area contributed by atoms with Gasteiger partial charge in [0.05, 0.1) is 0 Å². The molecule has 1 N–H and O–H groups in total. The summed E-state index contributed by atoms with van der Waals surface area (Å²) in [7, 11) is -3.29. The Labute approximate surface area is 94.0 Å². The van der Waals surface area contributed by atoms with Crippen LogP contribution in [0.2, 0.25) is 0 Å². The summed E-state index contributed by atoms with van der Waals surface area (Å²) in [5.74, 6) is -0.384. The van der Waals surface area contributed by atoms with Crippen LogP contribution in [-0.2, 0) is 13.9 Å². The monoisotopic (exact) mass is 244 g/mol. The summed E-state index contributed by atoms with van der Waals surface area (Å²) >= 11 is 0. The Morgan fingerprint density at radius 3 is 2.38 bits per heavy atom. The van der Waals surface area contributed by atoms with Crippen molar-refractivity contribution in [3.05, 3.63) is 30.3 Å². The number of carbonyl (C=O) groups is 1. The second kappa shape index (κ2) is 5.14. The van der Waals surface area contributed by atoms with Crippen molar-refractivity contribution in [1.29, 1.82) is 0 Å². The first-order valence-electron chi connectivity index (χ1n) is 4.61. The van der Waals surface area contributed by atoms with Crippen LogP contribution in [-0.4, -0.2) is 16.5 Å². The summed E-state index contributed by atoms with van der Waals surface area (Å²) in [4.78, 5) is 19.9. The predicted molar refractivity (Wildman–Crippen MR) is 58.5 cm³/mol. The van der Waals surface area contributed by atoms with E-state index in [0.29, 0.717) is 5.75 Å². The maximum absolute atomic E-state index is 11.4. The molecule has 0 aliphatic heterocycles. The van der Waals surface area contributed by atoms with Crippen molar-refractivity contribution in [3.8, 4) is 5.75 Å². The van der Waals surface area contributed by atoms with E-state index in [9.17, 15) is 9.36 Å². The molecule has 0 fully saturated rings. The molecule has 1 atom stereocenters. The fourth-order valence-corrected chi connectivity index (χ4v) is 1.43. The minimum Gasteiger partial charge on any atom is -0.476 e. The van der Waals surface area contributed by atoms with Gasteiger partial charge in [0.25, 0.3) is 0 Å². The molecule has 1 aromatic rings. The summed E-state index contributed by atoms with van der Waals surface area (Å²) in [5.41, 5.74) is -1.30. The lowest BCUT2D eigenvalue weighted by atomic mass is 10.1. The van der Waals surface area contributed by atoms with Gasteiger partial charge < -0.3 is 14.2 Å². The largest absolute Gasteiger partial charge is 0.476 e. The van der Waals surface area contributed by atoms with Gasteiger partial charge in [-0.05, 0) is 26.0 Å². The molecule has 0 aliphatic carbocycles. The number of ether oxygens (including phenoxy) is 1. The number of hydrogen-bond acceptors (Lipinski definition) is 4. The Balaban J connectivity index is 2.71. The minimum absolute atomic E-state index is 0.488. The van der Waals surface area contributed by atoms with Crippen molar-refractivity contribution in [2.75, 3.05) is 0 Å². The van der Waals surface area contributed by atoms with Gasteiger partial charge in [0.1, 0.15) is 5.75 Å². The fourth-order valence-electron chi connectivity index (χ4n) is 1.03. The average Bonchev–Trinajstić information content (AvgIpc) is 2.17. The zero-order valence-corrected chi connectivity index (χ0v) is 9.97. The molecule has 0 saturated heterocycles. The minimum atomic E-state index is -3.29. The molecule has 1 rings (SSSR count). The Morgan fingerprint density at radius 1 is 1.31 bits per heavy atom. The van der Waals surface area contributed by atoms with Crippen molar-refractivity contribution < 1.29 is 23.5 Å². The Hall–Kier alpha value is -1.32. The van der Waals surface area contributed by atoms with Gasteiger partial charge in [0.2, 0.25) is 5.60 Å². The van der Waals surface area contributed by atoms with Gasteiger partial charge in [-0.25, -0.2) is 9.36 Å². The zero-order valence-electron chi connectivity index (χ0n) is 8.97. The van der Waals surface area contributed by atoms with Crippen LogP contribution in [0.4, 0.5) is 0 Å². The highest BCUT2D eigenvalue weighted by Gasteiger charge is 2.32. The number of hydrogen-bond donors (Lipinski definition) is 1. The van der Waals surface area contributed by atoms with E-state index in [2.05, 4.69) is 4.52 Å². The van der Waals surface area contributed by atoms with Crippen LogP contribution < -0.4 is 4.74 Å². The molecular formula is C10H13O5P. The topological polar surface area (TPSA) is 72.8 Å². The van der Waals surface area contributed by atoms with Crippen LogP contribution in [0.15, 0.2) is 30.3 Å². The summed E-state index contributed by atoms with van der Waals surface area (Å²) in [6.07, 6.45) is 0. The van der Waals surface area contributed by atoms with Gasteiger partial charge in [0.15, 0.2) is 0 Å². The van der Waals surface area contributed by atoms with Crippen LogP contribution in [0.1, 0.15) is 13.8 Å². The molecule has 16 heavy (non-hydrogen) atoms. The molecule has 0 heterocycles. The van der Waals surface area contributed by atoms with E-state index in [4.69, 9.17) is 9.63 Å². The van der Waals surface area contributed by atoms with Crippen LogP contribution in [0.25, 0.3) is 0 Å². The highest BCUT2D eigenvalue weighted by molar-refractivity contribution is 7.32. The second-order valence-corrected chi connectivity index (χ2v) is 4.32. The lowest BCUT2D eigenvalue weighted by molar-refractivity contribution is -0.149. The van der Waals surface area contributed by atoms with Crippen molar-refractivity contribution in [2.24, 2.45) is 0 Å². The van der Waals surface area contributed by atoms with E-state index in [0.717, 1.165) is 0 Å².